The highest BCUT2D eigenvalue weighted by Gasteiger charge is 2.48. The summed E-state index contributed by atoms with van der Waals surface area (Å²) in [5.74, 6) is 1.01. The Balaban J connectivity index is 2.19. The summed E-state index contributed by atoms with van der Waals surface area (Å²) < 4.78 is 0. The van der Waals surface area contributed by atoms with Crippen molar-refractivity contribution in [2.24, 2.45) is 11.3 Å². The van der Waals surface area contributed by atoms with Crippen molar-refractivity contribution in [3.8, 4) is 0 Å². The Labute approximate surface area is 76.1 Å². The van der Waals surface area contributed by atoms with Gasteiger partial charge in [0.25, 0.3) is 0 Å². The van der Waals surface area contributed by atoms with Gasteiger partial charge in [-0.2, -0.15) is 0 Å². The maximum atomic E-state index is 2.60. The number of nitrogens with zero attached hydrogens (tertiary/aromatic N) is 1. The molecule has 2 rings (SSSR count). The van der Waals surface area contributed by atoms with Crippen molar-refractivity contribution >= 4 is 0 Å². The van der Waals surface area contributed by atoms with Crippen molar-refractivity contribution in [2.75, 3.05) is 13.6 Å². The summed E-state index contributed by atoms with van der Waals surface area (Å²) in [7, 11) is 2.31. The third-order valence-corrected chi connectivity index (χ3v) is 4.36. The molecule has 0 bridgehead atoms. The van der Waals surface area contributed by atoms with E-state index in [-0.39, 0.29) is 0 Å². The second kappa shape index (κ2) is 2.73. The first-order chi connectivity index (χ1) is 5.67. The lowest BCUT2D eigenvalue weighted by Crippen LogP contribution is -2.25. The van der Waals surface area contributed by atoms with Gasteiger partial charge in [0.15, 0.2) is 0 Å². The molecule has 1 nitrogen and oxygen atoms in total. The molecule has 1 heterocycles. The minimum absolute atomic E-state index is 0.635. The van der Waals surface area contributed by atoms with E-state index in [1.54, 1.807) is 0 Å². The zero-order valence-electron chi connectivity index (χ0n) is 8.64. The van der Waals surface area contributed by atoms with Crippen LogP contribution in [0.25, 0.3) is 0 Å². The van der Waals surface area contributed by atoms with E-state index in [0.29, 0.717) is 5.41 Å². The molecular formula is C11H21N. The summed E-state index contributed by atoms with van der Waals surface area (Å²) in [6.45, 7) is 6.17. The maximum absolute atomic E-state index is 2.60. The number of likely N-dealkylation sites (tertiary alicyclic amines) is 1. The number of rotatable bonds is 1. The lowest BCUT2D eigenvalue weighted by Gasteiger charge is -2.28. The standard InChI is InChI=1S/C11H21N/c1-4-11(2)8-12(3)10-7-5-6-9(10)11/h9-10H,4-8H2,1-3H3. The van der Waals surface area contributed by atoms with Gasteiger partial charge in [-0.05, 0) is 37.6 Å². The lowest BCUT2D eigenvalue weighted by atomic mass is 9.76. The Hall–Kier alpha value is -0.0400. The highest BCUT2D eigenvalue weighted by atomic mass is 15.2. The first kappa shape index (κ1) is 8.55. The molecule has 1 aliphatic carbocycles. The van der Waals surface area contributed by atoms with Crippen LogP contribution in [0.15, 0.2) is 0 Å². The quantitative estimate of drug-likeness (QED) is 0.580. The van der Waals surface area contributed by atoms with Gasteiger partial charge in [-0.15, -0.1) is 0 Å². The third kappa shape index (κ3) is 1.02. The molecule has 70 valence electrons. The maximum Gasteiger partial charge on any atom is 0.0126 e. The van der Waals surface area contributed by atoms with E-state index < -0.39 is 0 Å². The summed E-state index contributed by atoms with van der Waals surface area (Å²) in [4.78, 5) is 2.60. The van der Waals surface area contributed by atoms with Crippen LogP contribution in [0.2, 0.25) is 0 Å². The summed E-state index contributed by atoms with van der Waals surface area (Å²) >= 11 is 0. The zero-order valence-corrected chi connectivity index (χ0v) is 8.64. The van der Waals surface area contributed by atoms with E-state index in [4.69, 9.17) is 0 Å². The first-order valence-electron chi connectivity index (χ1n) is 5.37. The topological polar surface area (TPSA) is 3.24 Å². The molecule has 0 amide bonds. The monoisotopic (exact) mass is 167 g/mol. The van der Waals surface area contributed by atoms with Crippen LogP contribution in [0.5, 0.6) is 0 Å². The van der Waals surface area contributed by atoms with Gasteiger partial charge in [0.2, 0.25) is 0 Å². The van der Waals surface area contributed by atoms with Crippen LogP contribution in [0.1, 0.15) is 39.5 Å². The molecular weight excluding hydrogens is 146 g/mol. The molecule has 0 N–H and O–H groups in total. The van der Waals surface area contributed by atoms with E-state index in [9.17, 15) is 0 Å². The molecule has 0 aromatic heterocycles. The molecule has 2 aliphatic rings. The molecule has 12 heavy (non-hydrogen) atoms. The fourth-order valence-electron chi connectivity index (χ4n) is 3.46. The molecule has 3 atom stereocenters. The van der Waals surface area contributed by atoms with E-state index in [2.05, 4.69) is 25.8 Å². The van der Waals surface area contributed by atoms with Crippen molar-refractivity contribution < 1.29 is 0 Å². The molecule has 0 aromatic carbocycles. The minimum Gasteiger partial charge on any atom is -0.303 e. The van der Waals surface area contributed by atoms with Gasteiger partial charge in [0.05, 0.1) is 0 Å². The van der Waals surface area contributed by atoms with Crippen LogP contribution in [-0.4, -0.2) is 24.5 Å². The van der Waals surface area contributed by atoms with Crippen molar-refractivity contribution in [2.45, 2.75) is 45.6 Å². The van der Waals surface area contributed by atoms with Crippen molar-refractivity contribution in [3.05, 3.63) is 0 Å². The van der Waals surface area contributed by atoms with Gasteiger partial charge in [-0.1, -0.05) is 20.3 Å². The number of hydrogen-bond donors (Lipinski definition) is 0. The molecule has 2 fully saturated rings. The molecule has 1 saturated carbocycles. The SMILES string of the molecule is CCC1(C)CN(C)C2CCCC21. The summed E-state index contributed by atoms with van der Waals surface area (Å²) in [6.07, 6.45) is 5.77. The first-order valence-corrected chi connectivity index (χ1v) is 5.37. The van der Waals surface area contributed by atoms with E-state index in [0.717, 1.165) is 12.0 Å². The Morgan fingerprint density at radius 2 is 2.17 bits per heavy atom. The molecule has 1 saturated heterocycles. The molecule has 3 unspecified atom stereocenters. The summed E-state index contributed by atoms with van der Waals surface area (Å²) in [5.41, 5.74) is 0.635. The predicted molar refractivity (Wildman–Crippen MR) is 52.2 cm³/mol. The molecule has 0 radical (unpaired) electrons. The van der Waals surface area contributed by atoms with E-state index >= 15 is 0 Å². The highest BCUT2D eigenvalue weighted by molar-refractivity contribution is 5.01. The van der Waals surface area contributed by atoms with Crippen molar-refractivity contribution in [1.82, 2.24) is 4.90 Å². The van der Waals surface area contributed by atoms with Gasteiger partial charge in [0.1, 0.15) is 0 Å². The second-order valence-corrected chi connectivity index (χ2v) is 5.03. The Morgan fingerprint density at radius 1 is 1.42 bits per heavy atom. The van der Waals surface area contributed by atoms with Gasteiger partial charge in [0, 0.05) is 12.6 Å². The van der Waals surface area contributed by atoms with Gasteiger partial charge < -0.3 is 4.90 Å². The van der Waals surface area contributed by atoms with Gasteiger partial charge in [-0.3, -0.25) is 0 Å². The number of fused-ring (bicyclic) bond motifs is 1. The van der Waals surface area contributed by atoms with Crippen molar-refractivity contribution in [3.63, 3.8) is 0 Å². The van der Waals surface area contributed by atoms with Crippen LogP contribution in [0.4, 0.5) is 0 Å². The van der Waals surface area contributed by atoms with Crippen LogP contribution in [0, 0.1) is 11.3 Å². The Kier molecular flexibility index (Phi) is 1.95. The van der Waals surface area contributed by atoms with Crippen molar-refractivity contribution in [1.29, 1.82) is 0 Å². The lowest BCUT2D eigenvalue weighted by molar-refractivity contribution is 0.233. The smallest absolute Gasteiger partial charge is 0.0126 e. The van der Waals surface area contributed by atoms with E-state index in [1.807, 2.05) is 0 Å². The molecule has 0 spiro atoms. The van der Waals surface area contributed by atoms with Gasteiger partial charge >= 0.3 is 0 Å². The average molecular weight is 167 g/mol. The largest absolute Gasteiger partial charge is 0.303 e. The van der Waals surface area contributed by atoms with Crippen LogP contribution < -0.4 is 0 Å². The highest BCUT2D eigenvalue weighted by Crippen LogP contribution is 2.49. The molecule has 0 aromatic rings. The fraction of sp³-hybridized carbons (Fsp3) is 1.00. The summed E-state index contributed by atoms with van der Waals surface area (Å²) in [6, 6.07) is 0.926. The van der Waals surface area contributed by atoms with Gasteiger partial charge in [-0.25, -0.2) is 0 Å². The third-order valence-electron chi connectivity index (χ3n) is 4.36. The summed E-state index contributed by atoms with van der Waals surface area (Å²) in [5, 5.41) is 0. The zero-order chi connectivity index (χ0) is 8.77. The van der Waals surface area contributed by atoms with E-state index in [1.165, 1.54) is 32.2 Å². The van der Waals surface area contributed by atoms with Crippen LogP contribution in [0.3, 0.4) is 0 Å². The Morgan fingerprint density at radius 3 is 2.83 bits per heavy atom. The van der Waals surface area contributed by atoms with Crippen LogP contribution in [-0.2, 0) is 0 Å². The minimum atomic E-state index is 0.635. The fourth-order valence-corrected chi connectivity index (χ4v) is 3.46. The normalized spacial score (nSPS) is 48.2. The second-order valence-electron chi connectivity index (χ2n) is 5.03. The molecule has 1 aliphatic heterocycles. The van der Waals surface area contributed by atoms with Crippen LogP contribution >= 0.6 is 0 Å². The number of hydrogen-bond acceptors (Lipinski definition) is 1. The predicted octanol–water partition coefficient (Wildman–Crippen LogP) is 2.52. The average Bonchev–Trinajstić information content (AvgIpc) is 2.58. The Bertz CT molecular complexity index is 178. The molecule has 1 heteroatoms.